The molecule has 2 fully saturated rings. The maximum absolute atomic E-state index is 11.0. The molecule has 6 heteroatoms. The van der Waals surface area contributed by atoms with Gasteiger partial charge in [0.15, 0.2) is 0 Å². The second-order valence-electron chi connectivity index (χ2n) is 7.49. The van der Waals surface area contributed by atoms with Crippen molar-refractivity contribution in [3.05, 3.63) is 0 Å². The number of hydrogen-bond donors (Lipinski definition) is 2. The molecule has 4 atom stereocenters. The summed E-state index contributed by atoms with van der Waals surface area (Å²) in [5.74, 6) is 5.79. The van der Waals surface area contributed by atoms with Crippen LogP contribution >= 0.6 is 11.6 Å². The van der Waals surface area contributed by atoms with E-state index in [1.54, 1.807) is 0 Å². The average molecular weight is 387 g/mol. The SMILES string of the molecule is COC(=O)COCCCC[C@@H]1[C@@H](C#CC2(O)CCCCC2)[C@H](O)C[C@H]1Cl. The number of hydrogen-bond acceptors (Lipinski definition) is 5. The molecule has 0 amide bonds. The van der Waals surface area contributed by atoms with Crippen LogP contribution in [0.4, 0.5) is 0 Å². The molecule has 2 aliphatic rings. The summed E-state index contributed by atoms with van der Waals surface area (Å²) in [7, 11) is 1.34. The van der Waals surface area contributed by atoms with Crippen LogP contribution in [0.15, 0.2) is 0 Å². The maximum atomic E-state index is 11.0. The van der Waals surface area contributed by atoms with E-state index in [2.05, 4.69) is 16.6 Å². The normalized spacial score (nSPS) is 30.5. The number of ether oxygens (including phenoxy) is 2. The Morgan fingerprint density at radius 2 is 2.00 bits per heavy atom. The molecule has 0 heterocycles. The highest BCUT2D eigenvalue weighted by Gasteiger charge is 2.40. The molecular weight excluding hydrogens is 356 g/mol. The Morgan fingerprint density at radius 1 is 1.27 bits per heavy atom. The van der Waals surface area contributed by atoms with Crippen molar-refractivity contribution >= 4 is 17.6 Å². The molecular formula is C20H31ClO5. The lowest BCUT2D eigenvalue weighted by molar-refractivity contribution is -0.145. The van der Waals surface area contributed by atoms with Crippen molar-refractivity contribution in [1.29, 1.82) is 0 Å². The van der Waals surface area contributed by atoms with Crippen molar-refractivity contribution in [3.63, 3.8) is 0 Å². The van der Waals surface area contributed by atoms with Crippen LogP contribution in [-0.4, -0.2) is 53.6 Å². The van der Waals surface area contributed by atoms with Crippen LogP contribution in [0.2, 0.25) is 0 Å². The van der Waals surface area contributed by atoms with Crippen molar-refractivity contribution in [1.82, 2.24) is 0 Å². The van der Waals surface area contributed by atoms with Crippen LogP contribution in [0.5, 0.6) is 0 Å². The van der Waals surface area contributed by atoms with Gasteiger partial charge in [0, 0.05) is 12.0 Å². The van der Waals surface area contributed by atoms with E-state index in [9.17, 15) is 15.0 Å². The fraction of sp³-hybridized carbons (Fsp3) is 0.850. The summed E-state index contributed by atoms with van der Waals surface area (Å²) in [5.41, 5.74) is -0.894. The van der Waals surface area contributed by atoms with Gasteiger partial charge in [-0.1, -0.05) is 24.7 Å². The standard InChI is InChI=1S/C20H31ClO5/c1-25-19(23)14-26-12-6-3-7-15-16(18(22)13-17(15)21)8-11-20(24)9-4-2-5-10-20/h15-18,22,24H,2-7,9-10,12-14H2,1H3/t15-,16-,17-,18-/m1/s1. The van der Waals surface area contributed by atoms with E-state index >= 15 is 0 Å². The number of esters is 1. The lowest BCUT2D eigenvalue weighted by atomic mass is 9.84. The van der Waals surface area contributed by atoms with E-state index < -0.39 is 11.7 Å². The van der Waals surface area contributed by atoms with Gasteiger partial charge < -0.3 is 19.7 Å². The van der Waals surface area contributed by atoms with Crippen LogP contribution in [0.3, 0.4) is 0 Å². The topological polar surface area (TPSA) is 76.0 Å². The van der Waals surface area contributed by atoms with Gasteiger partial charge in [0.2, 0.25) is 0 Å². The molecule has 26 heavy (non-hydrogen) atoms. The van der Waals surface area contributed by atoms with Crippen LogP contribution < -0.4 is 0 Å². The summed E-state index contributed by atoms with van der Waals surface area (Å²) in [4.78, 5) is 11.0. The van der Waals surface area contributed by atoms with Gasteiger partial charge in [-0.05, 0) is 50.9 Å². The first-order valence-corrected chi connectivity index (χ1v) is 10.1. The quantitative estimate of drug-likeness (QED) is 0.304. The Labute approximate surface area is 161 Å². The third-order valence-corrected chi connectivity index (χ3v) is 5.98. The van der Waals surface area contributed by atoms with Gasteiger partial charge in [0.25, 0.3) is 0 Å². The second-order valence-corrected chi connectivity index (χ2v) is 8.06. The molecule has 0 aromatic rings. The first-order chi connectivity index (χ1) is 12.4. The van der Waals surface area contributed by atoms with Gasteiger partial charge in [0.1, 0.15) is 12.2 Å². The number of carbonyl (C=O) groups is 1. The molecule has 2 N–H and O–H groups in total. The minimum atomic E-state index is -0.894. The van der Waals surface area contributed by atoms with Crippen molar-refractivity contribution in [2.75, 3.05) is 20.3 Å². The molecule has 2 saturated carbocycles. The number of rotatable bonds is 7. The molecule has 0 spiro atoms. The number of carbonyl (C=O) groups excluding carboxylic acids is 1. The minimum absolute atomic E-state index is 0.0243. The number of unbranched alkanes of at least 4 members (excludes halogenated alkanes) is 1. The van der Waals surface area contributed by atoms with E-state index in [4.69, 9.17) is 16.3 Å². The summed E-state index contributed by atoms with van der Waals surface area (Å²) >= 11 is 6.44. The highest BCUT2D eigenvalue weighted by atomic mass is 35.5. The van der Waals surface area contributed by atoms with Crippen LogP contribution in [0.1, 0.15) is 57.8 Å². The monoisotopic (exact) mass is 386 g/mol. The highest BCUT2D eigenvalue weighted by Crippen LogP contribution is 2.39. The summed E-state index contributed by atoms with van der Waals surface area (Å²) in [5, 5.41) is 20.8. The molecule has 0 aliphatic heterocycles. The number of aliphatic hydroxyl groups is 2. The first-order valence-electron chi connectivity index (χ1n) is 9.67. The van der Waals surface area contributed by atoms with Gasteiger partial charge in [-0.25, -0.2) is 4.79 Å². The van der Waals surface area contributed by atoms with Gasteiger partial charge in [0.05, 0.1) is 19.1 Å². The average Bonchev–Trinajstić information content (AvgIpc) is 2.89. The molecule has 0 aromatic heterocycles. The van der Waals surface area contributed by atoms with Crippen LogP contribution in [0.25, 0.3) is 0 Å². The van der Waals surface area contributed by atoms with E-state index in [0.717, 1.165) is 51.4 Å². The molecule has 0 aromatic carbocycles. The fourth-order valence-corrected chi connectivity index (χ4v) is 4.37. The van der Waals surface area contributed by atoms with Crippen molar-refractivity contribution in [2.45, 2.75) is 74.9 Å². The zero-order valence-electron chi connectivity index (χ0n) is 15.6. The Balaban J connectivity index is 1.81. The predicted molar refractivity (Wildman–Crippen MR) is 99.7 cm³/mol. The van der Waals surface area contributed by atoms with E-state index in [0.29, 0.717) is 13.0 Å². The minimum Gasteiger partial charge on any atom is -0.467 e. The van der Waals surface area contributed by atoms with Crippen molar-refractivity contribution < 1.29 is 24.5 Å². The largest absolute Gasteiger partial charge is 0.467 e. The van der Waals surface area contributed by atoms with Gasteiger partial charge in [-0.3, -0.25) is 0 Å². The number of halogens is 1. The Bertz CT molecular complexity index is 506. The lowest BCUT2D eigenvalue weighted by Crippen LogP contribution is -2.30. The summed E-state index contributed by atoms with van der Waals surface area (Å²) in [6.45, 7) is 0.469. The van der Waals surface area contributed by atoms with Crippen molar-refractivity contribution in [3.8, 4) is 11.8 Å². The summed E-state index contributed by atoms with van der Waals surface area (Å²) < 4.78 is 9.77. The maximum Gasteiger partial charge on any atom is 0.331 e. The van der Waals surface area contributed by atoms with Gasteiger partial charge in [-0.2, -0.15) is 0 Å². The van der Waals surface area contributed by atoms with Gasteiger partial charge >= 0.3 is 5.97 Å². The van der Waals surface area contributed by atoms with E-state index in [1.807, 2.05) is 0 Å². The molecule has 148 valence electrons. The third kappa shape index (κ3) is 6.42. The highest BCUT2D eigenvalue weighted by molar-refractivity contribution is 6.21. The van der Waals surface area contributed by atoms with Crippen molar-refractivity contribution in [2.24, 2.45) is 11.8 Å². The molecule has 0 saturated heterocycles. The fourth-order valence-electron chi connectivity index (χ4n) is 3.90. The second kappa shape index (κ2) is 10.5. The lowest BCUT2D eigenvalue weighted by Gasteiger charge is -2.27. The van der Waals surface area contributed by atoms with Gasteiger partial charge in [-0.15, -0.1) is 11.6 Å². The molecule has 2 aliphatic carbocycles. The van der Waals surface area contributed by atoms with E-state index in [-0.39, 0.29) is 29.8 Å². The molecule has 5 nitrogen and oxygen atoms in total. The number of alkyl halides is 1. The predicted octanol–water partition coefficient (Wildman–Crippen LogP) is 2.65. The van der Waals surface area contributed by atoms with Crippen LogP contribution in [-0.2, 0) is 14.3 Å². The number of aliphatic hydroxyl groups excluding tert-OH is 1. The summed E-state index contributed by atoms with van der Waals surface area (Å²) in [6, 6.07) is 0. The first kappa shape index (κ1) is 21.5. The van der Waals surface area contributed by atoms with Crippen LogP contribution in [0, 0.1) is 23.7 Å². The Kier molecular flexibility index (Phi) is 8.69. The zero-order valence-corrected chi connectivity index (χ0v) is 16.3. The summed E-state index contributed by atoms with van der Waals surface area (Å²) in [6.07, 6.45) is 7.18. The zero-order chi connectivity index (χ0) is 19.0. The van der Waals surface area contributed by atoms with E-state index in [1.165, 1.54) is 7.11 Å². The Morgan fingerprint density at radius 3 is 2.69 bits per heavy atom. The smallest absolute Gasteiger partial charge is 0.331 e. The number of methoxy groups -OCH3 is 1. The molecule has 0 unspecified atom stereocenters. The molecule has 0 bridgehead atoms. The molecule has 2 rings (SSSR count). The Hall–Kier alpha value is -0.800. The molecule has 0 radical (unpaired) electrons. The third-order valence-electron chi connectivity index (χ3n) is 5.48.